The zero-order valence-corrected chi connectivity index (χ0v) is 23.6. The molecule has 5 aromatic rings. The van der Waals surface area contributed by atoms with Crippen molar-refractivity contribution in [3.05, 3.63) is 120 Å². The molecule has 13 heteroatoms. The number of hydrogen-bond acceptors (Lipinski definition) is 12. The smallest absolute Gasteiger partial charge is 0.338 e. The van der Waals surface area contributed by atoms with E-state index in [4.69, 9.17) is 24.7 Å². The van der Waals surface area contributed by atoms with E-state index in [9.17, 15) is 19.5 Å². The molecule has 3 N–H and O–H groups in total. The first-order valence-corrected chi connectivity index (χ1v) is 13.9. The lowest BCUT2D eigenvalue weighted by molar-refractivity contribution is -0.153. The molecule has 6 rings (SSSR count). The summed E-state index contributed by atoms with van der Waals surface area (Å²) in [6.45, 7) is -1.15. The van der Waals surface area contributed by atoms with Crippen molar-refractivity contribution in [2.24, 2.45) is 0 Å². The van der Waals surface area contributed by atoms with Crippen molar-refractivity contribution in [2.45, 2.75) is 24.0 Å². The summed E-state index contributed by atoms with van der Waals surface area (Å²) in [7, 11) is 0. The SMILES string of the molecule is Nc1ncnc2c1ncn2[C@@H]1OC(COC(=O)c2ccccc2)(COC(=O)c2ccccc2)[C@H](OC(=O)c2ccccc2)[C@H]1O. The molecule has 1 aliphatic heterocycles. The molecule has 0 radical (unpaired) electrons. The molecule has 0 amide bonds. The van der Waals surface area contributed by atoms with E-state index >= 15 is 0 Å². The molecule has 45 heavy (non-hydrogen) atoms. The number of hydrogen-bond donors (Lipinski definition) is 2. The van der Waals surface area contributed by atoms with Gasteiger partial charge in [-0.3, -0.25) is 4.57 Å². The van der Waals surface area contributed by atoms with E-state index in [-0.39, 0.29) is 33.7 Å². The number of rotatable bonds is 9. The third-order valence-corrected chi connectivity index (χ3v) is 7.30. The van der Waals surface area contributed by atoms with E-state index in [1.54, 1.807) is 78.9 Å². The van der Waals surface area contributed by atoms with Crippen LogP contribution < -0.4 is 5.73 Å². The number of aromatic nitrogens is 4. The molecule has 0 spiro atoms. The first-order chi connectivity index (χ1) is 21.9. The molecule has 3 aromatic carbocycles. The number of aliphatic hydroxyl groups is 1. The highest BCUT2D eigenvalue weighted by molar-refractivity contribution is 5.90. The number of esters is 3. The Morgan fingerprint density at radius 1 is 0.778 bits per heavy atom. The van der Waals surface area contributed by atoms with E-state index < -0.39 is 55.2 Å². The fourth-order valence-corrected chi connectivity index (χ4v) is 5.01. The highest BCUT2D eigenvalue weighted by Crippen LogP contribution is 2.41. The van der Waals surface area contributed by atoms with Crippen LogP contribution in [0.2, 0.25) is 0 Å². The Labute approximate surface area is 256 Å². The Hall–Kier alpha value is -5.66. The second-order valence-corrected chi connectivity index (χ2v) is 10.2. The number of fused-ring (bicyclic) bond motifs is 1. The van der Waals surface area contributed by atoms with Gasteiger partial charge in [-0.2, -0.15) is 0 Å². The number of imidazole rings is 1. The molecule has 3 atom stereocenters. The monoisotopic (exact) mass is 609 g/mol. The number of nitrogens with two attached hydrogens (primary N) is 1. The van der Waals surface area contributed by atoms with Crippen LogP contribution in [0.1, 0.15) is 37.3 Å². The zero-order chi connectivity index (χ0) is 31.4. The molecule has 1 fully saturated rings. The predicted octanol–water partition coefficient (Wildman–Crippen LogP) is 2.98. The second-order valence-electron chi connectivity index (χ2n) is 10.2. The van der Waals surface area contributed by atoms with Crippen LogP contribution in [0.25, 0.3) is 11.2 Å². The third kappa shape index (κ3) is 5.94. The minimum Gasteiger partial charge on any atom is -0.459 e. The molecule has 3 heterocycles. The number of nitrogen functional groups attached to an aromatic ring is 1. The lowest BCUT2D eigenvalue weighted by Gasteiger charge is -2.33. The fraction of sp³-hybridized carbons (Fsp3) is 0.188. The van der Waals surface area contributed by atoms with E-state index in [2.05, 4.69) is 15.0 Å². The number of benzene rings is 3. The largest absolute Gasteiger partial charge is 0.459 e. The quantitative estimate of drug-likeness (QED) is 0.185. The molecule has 1 saturated heterocycles. The summed E-state index contributed by atoms with van der Waals surface area (Å²) in [5.74, 6) is -2.13. The van der Waals surface area contributed by atoms with Gasteiger partial charge in [0.2, 0.25) is 0 Å². The van der Waals surface area contributed by atoms with E-state index in [0.29, 0.717) is 0 Å². The maximum atomic E-state index is 13.3. The predicted molar refractivity (Wildman–Crippen MR) is 158 cm³/mol. The average molecular weight is 610 g/mol. The zero-order valence-electron chi connectivity index (χ0n) is 23.6. The number of carbonyl (C=O) groups excluding carboxylic acids is 3. The summed E-state index contributed by atoms with van der Waals surface area (Å²) < 4.78 is 25.0. The Morgan fingerprint density at radius 2 is 1.29 bits per heavy atom. The molecular weight excluding hydrogens is 582 g/mol. The van der Waals surface area contributed by atoms with Crippen molar-refractivity contribution >= 4 is 34.9 Å². The summed E-state index contributed by atoms with van der Waals surface area (Å²) in [6, 6.07) is 24.5. The maximum Gasteiger partial charge on any atom is 0.338 e. The van der Waals surface area contributed by atoms with Crippen LogP contribution in [0, 0.1) is 0 Å². The van der Waals surface area contributed by atoms with Crippen molar-refractivity contribution in [1.29, 1.82) is 0 Å². The van der Waals surface area contributed by atoms with Crippen molar-refractivity contribution in [3.8, 4) is 0 Å². The summed E-state index contributed by atoms with van der Waals surface area (Å²) in [5.41, 5.74) is 5.23. The van der Waals surface area contributed by atoms with Gasteiger partial charge in [0.05, 0.1) is 23.0 Å². The van der Waals surface area contributed by atoms with Gasteiger partial charge < -0.3 is 29.8 Å². The summed E-state index contributed by atoms with van der Waals surface area (Å²) in [6.07, 6.45) is -1.85. The number of nitrogens with zero attached hydrogens (tertiary/aromatic N) is 4. The molecule has 2 aromatic heterocycles. The molecule has 0 aliphatic carbocycles. The molecular formula is C32H27N5O8. The number of carbonyl (C=O) groups is 3. The summed E-state index contributed by atoms with van der Waals surface area (Å²) in [5, 5.41) is 11.7. The number of anilines is 1. The van der Waals surface area contributed by atoms with Crippen LogP contribution in [0.5, 0.6) is 0 Å². The average Bonchev–Trinajstić information content (AvgIpc) is 3.63. The van der Waals surface area contributed by atoms with Crippen LogP contribution in [0.15, 0.2) is 104 Å². The first-order valence-electron chi connectivity index (χ1n) is 13.9. The van der Waals surface area contributed by atoms with Gasteiger partial charge in [-0.1, -0.05) is 54.6 Å². The molecule has 0 saturated carbocycles. The minimum absolute atomic E-state index is 0.0955. The van der Waals surface area contributed by atoms with E-state index in [1.807, 2.05) is 0 Å². The molecule has 0 unspecified atom stereocenters. The van der Waals surface area contributed by atoms with Gasteiger partial charge in [0.25, 0.3) is 0 Å². The molecule has 13 nitrogen and oxygen atoms in total. The Kier molecular flexibility index (Phi) is 8.18. The van der Waals surface area contributed by atoms with Gasteiger partial charge in [0.1, 0.15) is 31.2 Å². The van der Waals surface area contributed by atoms with Crippen LogP contribution in [-0.2, 0) is 18.9 Å². The molecule has 1 aliphatic rings. The fourth-order valence-electron chi connectivity index (χ4n) is 5.01. The third-order valence-electron chi connectivity index (χ3n) is 7.30. The van der Waals surface area contributed by atoms with Gasteiger partial charge in [0, 0.05) is 0 Å². The van der Waals surface area contributed by atoms with Gasteiger partial charge in [-0.05, 0) is 36.4 Å². The van der Waals surface area contributed by atoms with Crippen LogP contribution in [0.3, 0.4) is 0 Å². The highest BCUT2D eigenvalue weighted by Gasteiger charge is 2.60. The Balaban J connectivity index is 1.39. The molecule has 0 bridgehead atoms. The van der Waals surface area contributed by atoms with Crippen molar-refractivity contribution in [3.63, 3.8) is 0 Å². The lowest BCUT2D eigenvalue weighted by atomic mass is 9.96. The maximum absolute atomic E-state index is 13.3. The second kappa shape index (κ2) is 12.5. The topological polar surface area (TPSA) is 178 Å². The van der Waals surface area contributed by atoms with Crippen LogP contribution in [0.4, 0.5) is 5.82 Å². The van der Waals surface area contributed by atoms with Crippen molar-refractivity contribution < 1.29 is 38.4 Å². The number of ether oxygens (including phenoxy) is 4. The van der Waals surface area contributed by atoms with Gasteiger partial charge >= 0.3 is 17.9 Å². The lowest BCUT2D eigenvalue weighted by Crippen LogP contribution is -2.53. The normalized spacial score (nSPS) is 18.7. The highest BCUT2D eigenvalue weighted by atomic mass is 16.7. The first kappa shape index (κ1) is 29.4. The van der Waals surface area contributed by atoms with Crippen molar-refractivity contribution in [2.75, 3.05) is 18.9 Å². The van der Waals surface area contributed by atoms with E-state index in [0.717, 1.165) is 0 Å². The summed E-state index contributed by atoms with van der Waals surface area (Å²) >= 11 is 0. The Morgan fingerprint density at radius 3 is 1.82 bits per heavy atom. The van der Waals surface area contributed by atoms with Crippen LogP contribution in [-0.4, -0.2) is 73.6 Å². The van der Waals surface area contributed by atoms with Crippen molar-refractivity contribution in [1.82, 2.24) is 19.5 Å². The number of aliphatic hydroxyl groups excluding tert-OH is 1. The van der Waals surface area contributed by atoms with Gasteiger partial charge in [-0.15, -0.1) is 0 Å². The summed E-state index contributed by atoms with van der Waals surface area (Å²) in [4.78, 5) is 51.9. The van der Waals surface area contributed by atoms with E-state index in [1.165, 1.54) is 29.4 Å². The Bertz CT molecular complexity index is 1760. The van der Waals surface area contributed by atoms with Crippen LogP contribution >= 0.6 is 0 Å². The van der Waals surface area contributed by atoms with Gasteiger partial charge in [-0.25, -0.2) is 29.3 Å². The minimum atomic E-state index is -1.89. The molecule has 228 valence electrons. The van der Waals surface area contributed by atoms with Gasteiger partial charge in [0.15, 0.2) is 29.4 Å². The standard InChI is InChI=1S/C32H27N5O8/c33-26-23-27(35-18-34-26)37(19-36-23)28-24(38)25(44-31(41)22-14-8-3-9-15-22)32(45-28,16-42-29(39)20-10-4-1-5-11-20)17-43-30(40)21-12-6-2-7-13-21/h1-15,18-19,24-25,28,38H,16-17H2,(H2,33,34,35)/t24-,25-,28-/m1/s1.